The lowest BCUT2D eigenvalue weighted by molar-refractivity contribution is -0.118. The quantitative estimate of drug-likeness (QED) is 0.432. The average molecular weight is 447 g/mol. The summed E-state index contributed by atoms with van der Waals surface area (Å²) in [6.07, 6.45) is 3.55. The number of hydrogen-bond acceptors (Lipinski definition) is 3. The van der Waals surface area contributed by atoms with E-state index in [4.69, 9.17) is 10.5 Å². The molecule has 0 bridgehead atoms. The molecule has 3 aromatic carbocycles. The number of ether oxygens (including phenoxy) is 1. The highest BCUT2D eigenvalue weighted by atomic mass is 19.1. The molecule has 1 atom stereocenters. The van der Waals surface area contributed by atoms with Crippen LogP contribution in [0.15, 0.2) is 72.8 Å². The van der Waals surface area contributed by atoms with E-state index >= 15 is 4.39 Å². The predicted molar refractivity (Wildman–Crippen MR) is 129 cm³/mol. The first-order valence-corrected chi connectivity index (χ1v) is 11.7. The Bertz CT molecular complexity index is 1060. The van der Waals surface area contributed by atoms with Crippen molar-refractivity contribution in [3.05, 3.63) is 95.3 Å². The molecule has 1 heterocycles. The lowest BCUT2D eigenvalue weighted by Crippen LogP contribution is -2.26. The summed E-state index contributed by atoms with van der Waals surface area (Å²) in [5, 5.41) is 3.39. The monoisotopic (exact) mass is 446 g/mol. The van der Waals surface area contributed by atoms with Crippen LogP contribution in [0.1, 0.15) is 60.6 Å². The van der Waals surface area contributed by atoms with Gasteiger partial charge in [0.1, 0.15) is 17.3 Å². The highest BCUT2D eigenvalue weighted by Crippen LogP contribution is 2.40. The summed E-state index contributed by atoms with van der Waals surface area (Å²) < 4.78 is 21.5. The third kappa shape index (κ3) is 5.99. The third-order valence-corrected chi connectivity index (χ3v) is 6.39. The molecule has 33 heavy (non-hydrogen) atoms. The molecule has 1 saturated heterocycles. The Morgan fingerprint density at radius 1 is 1.00 bits per heavy atom. The van der Waals surface area contributed by atoms with E-state index in [9.17, 15) is 4.79 Å². The molecule has 0 aliphatic carbocycles. The lowest BCUT2D eigenvalue weighted by Gasteiger charge is -2.26. The first-order valence-electron chi connectivity index (χ1n) is 11.7. The number of carbonyl (C=O) groups excluding carboxylic acids is 1. The summed E-state index contributed by atoms with van der Waals surface area (Å²) >= 11 is 0. The molecule has 0 aromatic heterocycles. The van der Waals surface area contributed by atoms with Crippen LogP contribution in [0.5, 0.6) is 11.5 Å². The minimum Gasteiger partial charge on any atom is -0.457 e. The van der Waals surface area contributed by atoms with Crippen molar-refractivity contribution < 1.29 is 13.9 Å². The number of halogens is 1. The van der Waals surface area contributed by atoms with E-state index in [0.29, 0.717) is 30.1 Å². The van der Waals surface area contributed by atoms with Crippen LogP contribution in [-0.2, 0) is 4.79 Å². The maximum absolute atomic E-state index is 15.3. The zero-order valence-electron chi connectivity index (χ0n) is 18.8. The standard InChI is InChI=1S/C28H31FN2O2/c29-26-14-13-21(20-15-17-31-18-16-20)19-25(26)23(10-6-12-28(30)32)24-9-4-5-11-27(24)33-22-7-2-1-3-8-22/h1-5,7-9,11,13-14,19-20,23,31H,6,10,12,15-18H2,(H2,30,32). The molecule has 1 unspecified atom stereocenters. The van der Waals surface area contributed by atoms with Crippen molar-refractivity contribution >= 4 is 5.91 Å². The molecular formula is C28H31FN2O2. The lowest BCUT2D eigenvalue weighted by atomic mass is 9.82. The molecule has 5 heteroatoms. The summed E-state index contributed by atoms with van der Waals surface area (Å²) in [4.78, 5) is 11.4. The van der Waals surface area contributed by atoms with E-state index in [-0.39, 0.29) is 24.1 Å². The molecule has 3 aromatic rings. The number of rotatable bonds is 9. The van der Waals surface area contributed by atoms with E-state index in [1.54, 1.807) is 6.07 Å². The van der Waals surface area contributed by atoms with Crippen LogP contribution in [0.4, 0.5) is 4.39 Å². The minimum absolute atomic E-state index is 0.230. The Hall–Kier alpha value is -3.18. The topological polar surface area (TPSA) is 64.4 Å². The number of carbonyl (C=O) groups is 1. The Labute approximate surface area is 195 Å². The Balaban J connectivity index is 1.71. The Kier molecular flexibility index (Phi) is 7.74. The first-order chi connectivity index (χ1) is 16.1. The number of benzene rings is 3. The zero-order valence-corrected chi connectivity index (χ0v) is 18.8. The number of amides is 1. The van der Waals surface area contributed by atoms with Gasteiger partial charge in [0.05, 0.1) is 0 Å². The van der Waals surface area contributed by atoms with Crippen LogP contribution in [0, 0.1) is 5.82 Å². The number of primary amides is 1. The van der Waals surface area contributed by atoms with Gasteiger partial charge in [0.15, 0.2) is 0 Å². The summed E-state index contributed by atoms with van der Waals surface area (Å²) in [5.74, 6) is 1.03. The summed E-state index contributed by atoms with van der Waals surface area (Å²) in [6.45, 7) is 1.96. The van der Waals surface area contributed by atoms with Gasteiger partial charge in [-0.15, -0.1) is 0 Å². The molecule has 3 N–H and O–H groups in total. The SMILES string of the molecule is NC(=O)CCCC(c1cc(C2CCNCC2)ccc1F)c1ccccc1Oc1ccccc1. The molecule has 1 aliphatic rings. The molecular weight excluding hydrogens is 415 g/mol. The van der Waals surface area contributed by atoms with Crippen molar-refractivity contribution in [1.29, 1.82) is 0 Å². The highest BCUT2D eigenvalue weighted by Gasteiger charge is 2.24. The Morgan fingerprint density at radius 3 is 2.48 bits per heavy atom. The zero-order chi connectivity index (χ0) is 23.0. The van der Waals surface area contributed by atoms with Gasteiger partial charge in [-0.1, -0.05) is 48.5 Å². The molecule has 4 nitrogen and oxygen atoms in total. The second-order valence-electron chi connectivity index (χ2n) is 8.67. The van der Waals surface area contributed by atoms with Gasteiger partial charge in [-0.25, -0.2) is 4.39 Å². The summed E-state index contributed by atoms with van der Waals surface area (Å²) in [6, 6.07) is 22.9. The van der Waals surface area contributed by atoms with E-state index in [1.165, 1.54) is 5.56 Å². The highest BCUT2D eigenvalue weighted by molar-refractivity contribution is 5.73. The van der Waals surface area contributed by atoms with E-state index < -0.39 is 0 Å². The van der Waals surface area contributed by atoms with Gasteiger partial charge in [0.25, 0.3) is 0 Å². The molecule has 0 radical (unpaired) electrons. The average Bonchev–Trinajstić information content (AvgIpc) is 2.84. The fourth-order valence-corrected chi connectivity index (χ4v) is 4.67. The molecule has 4 rings (SSSR count). The molecule has 0 saturated carbocycles. The number of nitrogens with one attached hydrogen (secondary N) is 1. The second kappa shape index (κ2) is 11.1. The summed E-state index contributed by atoms with van der Waals surface area (Å²) in [7, 11) is 0. The van der Waals surface area contributed by atoms with E-state index in [1.807, 2.05) is 66.7 Å². The van der Waals surface area contributed by atoms with Crippen molar-refractivity contribution in [2.45, 2.75) is 43.9 Å². The Morgan fingerprint density at radius 2 is 1.73 bits per heavy atom. The largest absolute Gasteiger partial charge is 0.457 e. The van der Waals surface area contributed by atoms with Gasteiger partial charge >= 0.3 is 0 Å². The normalized spacial score (nSPS) is 15.2. The molecule has 1 amide bonds. The minimum atomic E-state index is -0.341. The van der Waals surface area contributed by atoms with Gasteiger partial charge in [-0.05, 0) is 80.1 Å². The van der Waals surface area contributed by atoms with Crippen LogP contribution >= 0.6 is 0 Å². The van der Waals surface area contributed by atoms with Gasteiger partial charge < -0.3 is 15.8 Å². The van der Waals surface area contributed by atoms with Crippen LogP contribution in [0.3, 0.4) is 0 Å². The third-order valence-electron chi connectivity index (χ3n) is 6.39. The number of piperidine rings is 1. The van der Waals surface area contributed by atoms with Crippen LogP contribution in [-0.4, -0.2) is 19.0 Å². The van der Waals surface area contributed by atoms with Gasteiger partial charge in [0.2, 0.25) is 5.91 Å². The van der Waals surface area contributed by atoms with E-state index in [0.717, 1.165) is 37.2 Å². The number of nitrogens with two attached hydrogens (primary N) is 1. The van der Waals surface area contributed by atoms with Crippen molar-refractivity contribution in [1.82, 2.24) is 5.32 Å². The maximum atomic E-state index is 15.3. The van der Waals surface area contributed by atoms with Crippen molar-refractivity contribution in [2.75, 3.05) is 13.1 Å². The van der Waals surface area contributed by atoms with Crippen molar-refractivity contribution in [3.63, 3.8) is 0 Å². The number of para-hydroxylation sites is 2. The van der Waals surface area contributed by atoms with Crippen LogP contribution < -0.4 is 15.8 Å². The smallest absolute Gasteiger partial charge is 0.217 e. The van der Waals surface area contributed by atoms with Gasteiger partial charge in [0, 0.05) is 17.9 Å². The fourth-order valence-electron chi connectivity index (χ4n) is 4.67. The van der Waals surface area contributed by atoms with Gasteiger partial charge in [-0.2, -0.15) is 0 Å². The summed E-state index contributed by atoms with van der Waals surface area (Å²) in [5.41, 5.74) is 8.13. The molecule has 0 spiro atoms. The maximum Gasteiger partial charge on any atom is 0.217 e. The van der Waals surface area contributed by atoms with Gasteiger partial charge in [-0.3, -0.25) is 4.79 Å². The molecule has 1 fully saturated rings. The molecule has 172 valence electrons. The van der Waals surface area contributed by atoms with Crippen LogP contribution in [0.2, 0.25) is 0 Å². The molecule has 1 aliphatic heterocycles. The fraction of sp³-hybridized carbons (Fsp3) is 0.321. The van der Waals surface area contributed by atoms with Crippen LogP contribution in [0.25, 0.3) is 0 Å². The van der Waals surface area contributed by atoms with E-state index in [2.05, 4.69) is 5.32 Å². The predicted octanol–water partition coefficient (Wildman–Crippen LogP) is 5.87. The first kappa shape index (κ1) is 23.0. The second-order valence-corrected chi connectivity index (χ2v) is 8.67. The van der Waals surface area contributed by atoms with Crippen molar-refractivity contribution in [2.24, 2.45) is 5.73 Å². The van der Waals surface area contributed by atoms with Crippen molar-refractivity contribution in [3.8, 4) is 11.5 Å². The number of hydrogen-bond donors (Lipinski definition) is 2.